The predicted octanol–water partition coefficient (Wildman–Crippen LogP) is 5.57. The van der Waals surface area contributed by atoms with Crippen molar-refractivity contribution in [3.63, 3.8) is 0 Å². The summed E-state index contributed by atoms with van der Waals surface area (Å²) in [5.74, 6) is 0.461. The Morgan fingerprint density at radius 2 is 1.88 bits per heavy atom. The second-order valence-corrected chi connectivity index (χ2v) is 8.25. The summed E-state index contributed by atoms with van der Waals surface area (Å²) in [5.41, 5.74) is 2.83. The third kappa shape index (κ3) is 4.90. The number of ether oxygens (including phenoxy) is 3. The van der Waals surface area contributed by atoms with Crippen LogP contribution in [-0.2, 0) is 16.1 Å². The molecule has 172 valence electrons. The fourth-order valence-corrected chi connectivity index (χ4v) is 4.51. The Bertz CT molecular complexity index is 1130. The predicted molar refractivity (Wildman–Crippen MR) is 126 cm³/mol. The number of esters is 1. The largest absolute Gasteiger partial charge is 0.490 e. The molecule has 0 unspecified atom stereocenters. The minimum Gasteiger partial charge on any atom is -0.490 e. The van der Waals surface area contributed by atoms with Gasteiger partial charge in [0.1, 0.15) is 12.4 Å². The molecule has 0 radical (unpaired) electrons. The van der Waals surface area contributed by atoms with Gasteiger partial charge in [-0.15, -0.1) is 0 Å². The SMILES string of the molecule is CCOC(=O)C1=C(C)N=C2SC=CN2[C@@H]1c1ccc(OCc2ccc(F)cc2)c(OCC)c1. The molecule has 2 aliphatic rings. The van der Waals surface area contributed by atoms with Crippen molar-refractivity contribution in [2.45, 2.75) is 33.4 Å². The van der Waals surface area contributed by atoms with Crippen LogP contribution >= 0.6 is 11.8 Å². The minimum absolute atomic E-state index is 0.276. The van der Waals surface area contributed by atoms with E-state index in [9.17, 15) is 9.18 Å². The number of carbonyl (C=O) groups excluding carboxylic acids is 1. The topological polar surface area (TPSA) is 60.4 Å². The molecule has 0 saturated heterocycles. The molecule has 2 heterocycles. The van der Waals surface area contributed by atoms with Gasteiger partial charge in [-0.2, -0.15) is 0 Å². The Kier molecular flexibility index (Phi) is 7.03. The van der Waals surface area contributed by atoms with Gasteiger partial charge in [-0.3, -0.25) is 0 Å². The Labute approximate surface area is 196 Å². The quantitative estimate of drug-likeness (QED) is 0.472. The van der Waals surface area contributed by atoms with Crippen molar-refractivity contribution in [2.24, 2.45) is 4.99 Å². The summed E-state index contributed by atoms with van der Waals surface area (Å²) in [5, 5.41) is 2.75. The molecule has 0 saturated carbocycles. The van der Waals surface area contributed by atoms with Crippen molar-refractivity contribution < 1.29 is 23.4 Å². The first kappa shape index (κ1) is 22.9. The van der Waals surface area contributed by atoms with Crippen molar-refractivity contribution in [1.29, 1.82) is 0 Å². The fourth-order valence-electron chi connectivity index (χ4n) is 3.72. The second kappa shape index (κ2) is 10.1. The lowest BCUT2D eigenvalue weighted by Crippen LogP contribution is -2.34. The first-order chi connectivity index (χ1) is 16.0. The summed E-state index contributed by atoms with van der Waals surface area (Å²) in [4.78, 5) is 19.4. The zero-order valence-corrected chi connectivity index (χ0v) is 19.5. The number of thioether (sulfide) groups is 1. The molecule has 2 aromatic carbocycles. The van der Waals surface area contributed by atoms with Crippen LogP contribution in [0.25, 0.3) is 0 Å². The Morgan fingerprint density at radius 3 is 2.61 bits per heavy atom. The number of nitrogens with zero attached hydrogens (tertiary/aromatic N) is 2. The summed E-state index contributed by atoms with van der Waals surface area (Å²) < 4.78 is 30.4. The van der Waals surface area contributed by atoms with E-state index in [4.69, 9.17) is 14.2 Å². The standard InChI is InChI=1S/C25H25FN2O4S/c1-4-30-21-14-18(8-11-20(21)32-15-17-6-9-19(26)10-7-17)23-22(24(29)31-5-2)16(3)27-25-28(23)12-13-33-25/h6-14,23H,4-5,15H2,1-3H3/t23-/m1/s1. The van der Waals surface area contributed by atoms with Gasteiger partial charge in [0.05, 0.1) is 30.5 Å². The highest BCUT2D eigenvalue weighted by molar-refractivity contribution is 8.16. The summed E-state index contributed by atoms with van der Waals surface area (Å²) in [6.07, 6.45) is 1.92. The van der Waals surface area contributed by atoms with Crippen LogP contribution in [-0.4, -0.2) is 29.3 Å². The van der Waals surface area contributed by atoms with E-state index in [2.05, 4.69) is 4.99 Å². The highest BCUT2D eigenvalue weighted by Crippen LogP contribution is 2.43. The molecule has 2 aliphatic heterocycles. The average molecular weight is 469 g/mol. The lowest BCUT2D eigenvalue weighted by Gasteiger charge is -2.33. The van der Waals surface area contributed by atoms with Gasteiger partial charge < -0.3 is 19.1 Å². The van der Waals surface area contributed by atoms with E-state index >= 15 is 0 Å². The molecule has 4 rings (SSSR count). The summed E-state index contributed by atoms with van der Waals surface area (Å²) in [7, 11) is 0. The summed E-state index contributed by atoms with van der Waals surface area (Å²) >= 11 is 1.51. The Balaban J connectivity index is 1.67. The number of fused-ring (bicyclic) bond motifs is 1. The van der Waals surface area contributed by atoms with Gasteiger partial charge in [-0.1, -0.05) is 30.0 Å². The molecule has 8 heteroatoms. The van der Waals surface area contributed by atoms with E-state index in [1.54, 1.807) is 19.1 Å². The maximum absolute atomic E-state index is 13.2. The van der Waals surface area contributed by atoms with Gasteiger partial charge in [-0.25, -0.2) is 14.2 Å². The summed E-state index contributed by atoms with van der Waals surface area (Å²) in [6.45, 7) is 6.52. The van der Waals surface area contributed by atoms with E-state index in [0.717, 1.165) is 16.3 Å². The zero-order valence-electron chi connectivity index (χ0n) is 18.7. The number of aliphatic imine (C=N–C) groups is 1. The molecule has 2 aromatic rings. The molecule has 0 aromatic heterocycles. The molecular weight excluding hydrogens is 443 g/mol. The van der Waals surface area contributed by atoms with E-state index in [-0.39, 0.29) is 25.0 Å². The molecule has 33 heavy (non-hydrogen) atoms. The van der Waals surface area contributed by atoms with Gasteiger partial charge >= 0.3 is 5.97 Å². The van der Waals surface area contributed by atoms with Gasteiger partial charge in [0.2, 0.25) is 0 Å². The maximum Gasteiger partial charge on any atom is 0.338 e. The molecule has 1 atom stereocenters. The molecule has 0 amide bonds. The van der Waals surface area contributed by atoms with Crippen LogP contribution in [0.4, 0.5) is 4.39 Å². The molecule has 0 spiro atoms. The van der Waals surface area contributed by atoms with Gasteiger partial charge in [-0.05, 0) is 61.6 Å². The highest BCUT2D eigenvalue weighted by Gasteiger charge is 2.37. The summed E-state index contributed by atoms with van der Waals surface area (Å²) in [6, 6.07) is 11.4. The third-order valence-electron chi connectivity index (χ3n) is 5.21. The number of halogens is 1. The molecule has 0 aliphatic carbocycles. The van der Waals surface area contributed by atoms with E-state index in [1.807, 2.05) is 48.6 Å². The molecule has 6 nitrogen and oxygen atoms in total. The van der Waals surface area contributed by atoms with Crippen LogP contribution in [0, 0.1) is 5.82 Å². The normalized spacial score (nSPS) is 17.0. The molecule has 0 fully saturated rings. The fraction of sp³-hybridized carbons (Fsp3) is 0.280. The smallest absolute Gasteiger partial charge is 0.338 e. The van der Waals surface area contributed by atoms with Crippen LogP contribution < -0.4 is 9.47 Å². The van der Waals surface area contributed by atoms with Crippen molar-refractivity contribution >= 4 is 22.9 Å². The first-order valence-electron chi connectivity index (χ1n) is 10.7. The second-order valence-electron chi connectivity index (χ2n) is 7.38. The van der Waals surface area contributed by atoms with E-state index in [0.29, 0.717) is 29.4 Å². The van der Waals surface area contributed by atoms with Crippen molar-refractivity contribution in [3.05, 3.63) is 82.3 Å². The van der Waals surface area contributed by atoms with Gasteiger partial charge in [0, 0.05) is 6.20 Å². The number of allylic oxidation sites excluding steroid dienone is 1. The van der Waals surface area contributed by atoms with E-state index < -0.39 is 6.04 Å². The maximum atomic E-state index is 13.2. The number of rotatable bonds is 8. The molecule has 0 bridgehead atoms. The monoisotopic (exact) mass is 468 g/mol. The van der Waals surface area contributed by atoms with Gasteiger partial charge in [0.15, 0.2) is 16.7 Å². The highest BCUT2D eigenvalue weighted by atomic mass is 32.2. The van der Waals surface area contributed by atoms with Crippen molar-refractivity contribution in [2.75, 3.05) is 13.2 Å². The lowest BCUT2D eigenvalue weighted by atomic mass is 9.94. The first-order valence-corrected chi connectivity index (χ1v) is 11.6. The third-order valence-corrected chi connectivity index (χ3v) is 5.98. The van der Waals surface area contributed by atoms with Crippen molar-refractivity contribution in [1.82, 2.24) is 4.90 Å². The van der Waals surface area contributed by atoms with Crippen LogP contribution in [0.5, 0.6) is 11.5 Å². The van der Waals surface area contributed by atoms with Gasteiger partial charge in [0.25, 0.3) is 0 Å². The number of hydrogen-bond acceptors (Lipinski definition) is 7. The zero-order chi connectivity index (χ0) is 23.4. The molecular formula is C25H25FN2O4S. The van der Waals surface area contributed by atoms with Crippen LogP contribution in [0.1, 0.15) is 37.9 Å². The number of benzene rings is 2. The van der Waals surface area contributed by atoms with E-state index in [1.165, 1.54) is 23.9 Å². The Morgan fingerprint density at radius 1 is 1.09 bits per heavy atom. The number of amidine groups is 1. The van der Waals surface area contributed by atoms with Crippen molar-refractivity contribution in [3.8, 4) is 11.5 Å². The van der Waals surface area contributed by atoms with Crippen LogP contribution in [0.15, 0.2) is 70.3 Å². The lowest BCUT2D eigenvalue weighted by molar-refractivity contribution is -0.139. The number of hydrogen-bond donors (Lipinski definition) is 0. The Hall–Kier alpha value is -3.26. The molecule has 0 N–H and O–H groups in total. The average Bonchev–Trinajstić information content (AvgIpc) is 3.26. The minimum atomic E-state index is -0.395. The van der Waals surface area contributed by atoms with Crippen LogP contribution in [0.3, 0.4) is 0 Å². The number of carbonyl (C=O) groups is 1. The van der Waals surface area contributed by atoms with Crippen LogP contribution in [0.2, 0.25) is 0 Å².